The second-order valence-corrected chi connectivity index (χ2v) is 17.0. The van der Waals surface area contributed by atoms with E-state index in [0.717, 1.165) is 74.0 Å². The number of fused-ring (bicyclic) bond motifs is 5. The Balaban J connectivity index is 0.989. The van der Waals surface area contributed by atoms with Crippen molar-refractivity contribution in [2.45, 2.75) is 22.6 Å². The van der Waals surface area contributed by atoms with Gasteiger partial charge in [0.2, 0.25) is 0 Å². The number of nitrogens with zero attached hydrogens (tertiary/aromatic N) is 4. The second kappa shape index (κ2) is 15.6. The first-order valence-electron chi connectivity index (χ1n) is 21.3. The van der Waals surface area contributed by atoms with Crippen LogP contribution in [-0.2, 0) is 0 Å². The van der Waals surface area contributed by atoms with Crippen LogP contribution in [0.15, 0.2) is 220 Å². The Morgan fingerprint density at radius 1 is 0.444 bits per heavy atom. The van der Waals surface area contributed by atoms with E-state index in [9.17, 15) is 0 Å². The molecular formula is C57H38N4OS. The minimum Gasteiger partial charge on any atom is -0.455 e. The number of allylic oxidation sites excluding steroid dienone is 4. The number of benzene rings is 8. The van der Waals surface area contributed by atoms with Crippen LogP contribution in [0.1, 0.15) is 18.4 Å². The third kappa shape index (κ3) is 6.72. The first-order valence-corrected chi connectivity index (χ1v) is 22.1. The van der Waals surface area contributed by atoms with Crippen molar-refractivity contribution in [1.29, 1.82) is 0 Å². The molecule has 0 saturated heterocycles. The first-order chi connectivity index (χ1) is 31.2. The zero-order valence-corrected chi connectivity index (χ0v) is 35.0. The van der Waals surface area contributed by atoms with Crippen LogP contribution < -0.4 is 4.90 Å². The summed E-state index contributed by atoms with van der Waals surface area (Å²) in [6.07, 6.45) is 8.81. The molecule has 0 fully saturated rings. The monoisotopic (exact) mass is 826 g/mol. The Morgan fingerprint density at radius 2 is 1.00 bits per heavy atom. The Morgan fingerprint density at radius 3 is 1.65 bits per heavy atom. The normalized spacial score (nSPS) is 13.2. The number of aromatic nitrogens is 3. The minimum absolute atomic E-state index is 0.561. The molecule has 10 aromatic rings. The van der Waals surface area contributed by atoms with E-state index in [0.29, 0.717) is 17.5 Å². The molecule has 0 atom stereocenters. The molecule has 12 rings (SSSR count). The minimum atomic E-state index is 0.561. The Bertz CT molecular complexity index is 3370. The summed E-state index contributed by atoms with van der Waals surface area (Å²) in [5.74, 6) is 1.78. The highest BCUT2D eigenvalue weighted by Crippen LogP contribution is 2.53. The lowest BCUT2D eigenvalue weighted by Crippen LogP contribution is -2.15. The van der Waals surface area contributed by atoms with Gasteiger partial charge in [-0.2, -0.15) is 0 Å². The van der Waals surface area contributed by atoms with Gasteiger partial charge in [0.25, 0.3) is 0 Å². The molecule has 8 aromatic carbocycles. The number of furan rings is 1. The molecule has 298 valence electrons. The summed E-state index contributed by atoms with van der Waals surface area (Å²) in [7, 11) is 0. The van der Waals surface area contributed by atoms with Gasteiger partial charge in [-0.05, 0) is 83.1 Å². The molecule has 6 heteroatoms. The Kier molecular flexibility index (Phi) is 9.16. The summed E-state index contributed by atoms with van der Waals surface area (Å²) in [4.78, 5) is 19.9. The van der Waals surface area contributed by atoms with Crippen molar-refractivity contribution in [1.82, 2.24) is 15.0 Å². The summed E-state index contributed by atoms with van der Waals surface area (Å²) in [5.41, 5.74) is 14.8. The second-order valence-electron chi connectivity index (χ2n) is 15.9. The quantitative estimate of drug-likeness (QED) is 0.160. The molecule has 2 aromatic heterocycles. The maximum Gasteiger partial charge on any atom is 0.167 e. The lowest BCUT2D eigenvalue weighted by atomic mass is 9.97. The molecule has 5 nitrogen and oxygen atoms in total. The smallest absolute Gasteiger partial charge is 0.167 e. The van der Waals surface area contributed by atoms with Gasteiger partial charge in [-0.3, -0.25) is 0 Å². The summed E-state index contributed by atoms with van der Waals surface area (Å²) < 4.78 is 7.01. The van der Waals surface area contributed by atoms with Crippen LogP contribution in [0.5, 0.6) is 0 Å². The van der Waals surface area contributed by atoms with E-state index in [1.54, 1.807) is 0 Å². The zero-order valence-electron chi connectivity index (χ0n) is 34.1. The SMILES string of the molecule is C1=CCCC(c2ccc3c(c2)Sc2cc(-c4ccccc4)ccc2N3c2cccc(-c3cccc4c3oc3c(-c5nc(-c6ccccc6)nc(-c6ccccc6)n5)cccc34)c2)=C1. The molecule has 0 spiro atoms. The number of rotatable bonds is 7. The van der Waals surface area contributed by atoms with Gasteiger partial charge in [0.05, 0.1) is 16.9 Å². The van der Waals surface area contributed by atoms with Crippen molar-refractivity contribution in [3.63, 3.8) is 0 Å². The molecule has 1 aliphatic carbocycles. The fourth-order valence-electron chi connectivity index (χ4n) is 8.91. The number of para-hydroxylation sites is 2. The highest BCUT2D eigenvalue weighted by Gasteiger charge is 2.27. The van der Waals surface area contributed by atoms with Gasteiger partial charge in [-0.15, -0.1) is 0 Å². The lowest BCUT2D eigenvalue weighted by Gasteiger charge is -2.34. The molecule has 1 aliphatic heterocycles. The van der Waals surface area contributed by atoms with Crippen LogP contribution in [-0.4, -0.2) is 15.0 Å². The van der Waals surface area contributed by atoms with E-state index in [1.165, 1.54) is 37.7 Å². The standard InChI is InChI=1S/C57H38N4OS/c1-5-16-37(17-6-1)41-30-32-49-51(35-41)63-52-36-42(38-18-7-2-8-19-38)31-33-50(52)61(49)44-25-13-24-43(34-44)45-26-14-27-46-47-28-15-29-48(54(47)62-53(45)46)57-59-55(39-20-9-3-10-21-39)58-56(60-57)40-22-11-4-12-23-40/h1-7,9-18,20-36H,8,19H2. The third-order valence-electron chi connectivity index (χ3n) is 12.0. The average molecular weight is 827 g/mol. The molecule has 0 N–H and O–H groups in total. The van der Waals surface area contributed by atoms with Crippen molar-refractivity contribution in [3.05, 3.63) is 212 Å². The van der Waals surface area contributed by atoms with Gasteiger partial charge < -0.3 is 9.32 Å². The van der Waals surface area contributed by atoms with Crippen LogP contribution >= 0.6 is 11.8 Å². The molecule has 0 saturated carbocycles. The zero-order chi connectivity index (χ0) is 41.7. The van der Waals surface area contributed by atoms with Crippen LogP contribution in [0.25, 0.3) is 83.9 Å². The maximum atomic E-state index is 7.01. The Labute approximate surface area is 369 Å². The van der Waals surface area contributed by atoms with Crippen molar-refractivity contribution in [2.24, 2.45) is 0 Å². The van der Waals surface area contributed by atoms with Crippen molar-refractivity contribution < 1.29 is 4.42 Å². The maximum absolute atomic E-state index is 7.01. The summed E-state index contributed by atoms with van der Waals surface area (Å²) in [6, 6.07) is 66.1. The fourth-order valence-corrected chi connectivity index (χ4v) is 10.0. The average Bonchev–Trinajstić information content (AvgIpc) is 3.76. The van der Waals surface area contributed by atoms with Gasteiger partial charge in [-0.1, -0.05) is 176 Å². The molecule has 0 bridgehead atoms. The predicted octanol–water partition coefficient (Wildman–Crippen LogP) is 15.8. The van der Waals surface area contributed by atoms with Crippen LogP contribution in [0, 0.1) is 0 Å². The van der Waals surface area contributed by atoms with Crippen molar-refractivity contribution in [2.75, 3.05) is 4.90 Å². The van der Waals surface area contributed by atoms with Gasteiger partial charge in [-0.25, -0.2) is 15.0 Å². The van der Waals surface area contributed by atoms with E-state index >= 15 is 0 Å². The van der Waals surface area contributed by atoms with Crippen LogP contribution in [0.3, 0.4) is 0 Å². The predicted molar refractivity (Wildman–Crippen MR) is 259 cm³/mol. The van der Waals surface area contributed by atoms with Crippen molar-refractivity contribution >= 4 is 56.3 Å². The molecular weight excluding hydrogens is 789 g/mol. The molecule has 0 unspecified atom stereocenters. The van der Waals surface area contributed by atoms with E-state index in [4.69, 9.17) is 19.4 Å². The first kappa shape index (κ1) is 37.0. The number of hydrogen-bond donors (Lipinski definition) is 0. The lowest BCUT2D eigenvalue weighted by molar-refractivity contribution is 0.670. The topological polar surface area (TPSA) is 55.1 Å². The highest BCUT2D eigenvalue weighted by atomic mass is 32.2. The molecule has 0 amide bonds. The fraction of sp³-hybridized carbons (Fsp3) is 0.0351. The summed E-state index contributed by atoms with van der Waals surface area (Å²) in [6.45, 7) is 0. The number of hydrogen-bond acceptors (Lipinski definition) is 6. The largest absolute Gasteiger partial charge is 0.455 e. The van der Waals surface area contributed by atoms with Gasteiger partial charge >= 0.3 is 0 Å². The molecule has 0 radical (unpaired) electrons. The van der Waals surface area contributed by atoms with Crippen LogP contribution in [0.2, 0.25) is 0 Å². The van der Waals surface area contributed by atoms with E-state index in [2.05, 4.69) is 144 Å². The van der Waals surface area contributed by atoms with Gasteiger partial charge in [0, 0.05) is 42.9 Å². The molecule has 2 aliphatic rings. The Hall–Kier alpha value is -7.80. The number of anilines is 3. The molecule has 3 heterocycles. The van der Waals surface area contributed by atoms with E-state index in [1.807, 2.05) is 78.5 Å². The highest BCUT2D eigenvalue weighted by molar-refractivity contribution is 7.99. The summed E-state index contributed by atoms with van der Waals surface area (Å²) in [5, 5.41) is 2.04. The van der Waals surface area contributed by atoms with Gasteiger partial charge in [0.15, 0.2) is 17.5 Å². The molecule has 63 heavy (non-hydrogen) atoms. The van der Waals surface area contributed by atoms with Crippen LogP contribution in [0.4, 0.5) is 17.1 Å². The summed E-state index contributed by atoms with van der Waals surface area (Å²) >= 11 is 1.86. The van der Waals surface area contributed by atoms with Crippen molar-refractivity contribution in [3.8, 4) is 56.4 Å². The van der Waals surface area contributed by atoms with E-state index in [-0.39, 0.29) is 0 Å². The van der Waals surface area contributed by atoms with E-state index < -0.39 is 0 Å². The van der Waals surface area contributed by atoms with Gasteiger partial charge in [0.1, 0.15) is 11.2 Å². The third-order valence-corrected chi connectivity index (χ3v) is 13.1.